The number of carbonyl (C=O) groups is 1. The van der Waals surface area contributed by atoms with Crippen molar-refractivity contribution >= 4 is 29.8 Å². The van der Waals surface area contributed by atoms with Crippen LogP contribution in [0, 0.1) is 5.82 Å². The highest BCUT2D eigenvalue weighted by atomic mass is 35.5. The molecule has 1 aliphatic heterocycles. The molecule has 4 N–H and O–H groups in total. The Bertz CT molecular complexity index is 1100. The van der Waals surface area contributed by atoms with Gasteiger partial charge < -0.3 is 20.9 Å². The van der Waals surface area contributed by atoms with Crippen molar-refractivity contribution in [2.24, 2.45) is 5.73 Å². The molecule has 1 aliphatic rings. The van der Waals surface area contributed by atoms with Gasteiger partial charge in [-0.2, -0.15) is 5.10 Å². The van der Waals surface area contributed by atoms with Crippen LogP contribution in [-0.2, 0) is 0 Å². The average Bonchev–Trinajstić information content (AvgIpc) is 3.36. The van der Waals surface area contributed by atoms with E-state index in [1.165, 1.54) is 16.8 Å². The van der Waals surface area contributed by atoms with Gasteiger partial charge in [0.2, 0.25) is 0 Å². The number of aromatic amines is 1. The minimum absolute atomic E-state index is 0. The molecule has 0 saturated carbocycles. The van der Waals surface area contributed by atoms with Crippen LogP contribution >= 0.6 is 12.4 Å². The molecular weight excluding hydrogens is 413 g/mol. The van der Waals surface area contributed by atoms with Crippen molar-refractivity contribution in [1.82, 2.24) is 24.9 Å². The number of aromatic nitrogens is 4. The average molecular weight is 436 g/mol. The molecule has 0 aromatic carbocycles. The zero-order chi connectivity index (χ0) is 20.4. The fourth-order valence-corrected chi connectivity index (χ4v) is 3.66. The number of nitrogens with zero attached hydrogens (tertiary/aromatic N) is 4. The minimum Gasteiger partial charge on any atom is -0.352 e. The molecule has 30 heavy (non-hydrogen) atoms. The molecule has 3 aromatic heterocycles. The standard InChI is InChI=1S/C19H22FN7O2.ClH/c20-12-9-13(18(28)23-10-12)15-3-1-7-26(15)16-4-8-27-17(25-16)14(11-24-27)19(29)22-6-2-5-21;/h4,8-11,15H,1-3,5-7,21H2,(H,22,29)(H,23,28);1H. The molecule has 160 valence electrons. The lowest BCUT2D eigenvalue weighted by molar-refractivity contribution is 0.0955. The molecule has 4 rings (SSSR count). The number of nitrogens with one attached hydrogen (secondary N) is 2. The first-order valence-electron chi connectivity index (χ1n) is 9.56. The lowest BCUT2D eigenvalue weighted by atomic mass is 10.1. The van der Waals surface area contributed by atoms with E-state index in [1.54, 1.807) is 12.3 Å². The van der Waals surface area contributed by atoms with Crippen molar-refractivity contribution in [1.29, 1.82) is 0 Å². The lowest BCUT2D eigenvalue weighted by Gasteiger charge is -2.25. The van der Waals surface area contributed by atoms with Crippen LogP contribution in [0.5, 0.6) is 0 Å². The minimum atomic E-state index is -0.484. The maximum absolute atomic E-state index is 13.7. The zero-order valence-electron chi connectivity index (χ0n) is 16.2. The van der Waals surface area contributed by atoms with E-state index >= 15 is 0 Å². The Kier molecular flexibility index (Phi) is 6.68. The van der Waals surface area contributed by atoms with Gasteiger partial charge in [-0.15, -0.1) is 12.4 Å². The van der Waals surface area contributed by atoms with E-state index < -0.39 is 5.82 Å². The predicted octanol–water partition coefficient (Wildman–Crippen LogP) is 1.40. The summed E-state index contributed by atoms with van der Waals surface area (Å²) in [6.07, 6.45) is 6.49. The quantitative estimate of drug-likeness (QED) is 0.503. The highest BCUT2D eigenvalue weighted by molar-refractivity contribution is 5.99. The van der Waals surface area contributed by atoms with E-state index in [-0.39, 0.29) is 29.9 Å². The van der Waals surface area contributed by atoms with Crippen LogP contribution in [0.15, 0.2) is 35.5 Å². The summed E-state index contributed by atoms with van der Waals surface area (Å²) in [5, 5.41) is 6.99. The number of rotatable bonds is 6. The van der Waals surface area contributed by atoms with Gasteiger partial charge in [0.05, 0.1) is 12.2 Å². The fourth-order valence-electron chi connectivity index (χ4n) is 3.66. The Morgan fingerprint density at radius 2 is 2.27 bits per heavy atom. The third-order valence-corrected chi connectivity index (χ3v) is 5.07. The highest BCUT2D eigenvalue weighted by Gasteiger charge is 2.30. The van der Waals surface area contributed by atoms with E-state index in [0.29, 0.717) is 55.1 Å². The molecule has 3 aromatic rings. The number of anilines is 1. The summed E-state index contributed by atoms with van der Waals surface area (Å²) < 4.78 is 15.2. The first-order valence-corrected chi connectivity index (χ1v) is 9.56. The molecule has 1 atom stereocenters. The van der Waals surface area contributed by atoms with E-state index in [9.17, 15) is 14.0 Å². The van der Waals surface area contributed by atoms with Gasteiger partial charge in [-0.3, -0.25) is 9.59 Å². The molecule has 0 bridgehead atoms. The highest BCUT2D eigenvalue weighted by Crippen LogP contribution is 2.34. The van der Waals surface area contributed by atoms with Gasteiger partial charge >= 0.3 is 0 Å². The summed E-state index contributed by atoms with van der Waals surface area (Å²) in [6, 6.07) is 2.77. The Hall–Kier alpha value is -2.98. The molecule has 1 saturated heterocycles. The largest absolute Gasteiger partial charge is 0.352 e. The number of carbonyl (C=O) groups excluding carboxylic acids is 1. The van der Waals surface area contributed by atoms with Gasteiger partial charge in [-0.05, 0) is 37.9 Å². The maximum Gasteiger partial charge on any atom is 0.256 e. The predicted molar refractivity (Wildman–Crippen MR) is 113 cm³/mol. The summed E-state index contributed by atoms with van der Waals surface area (Å²) in [7, 11) is 0. The topological polar surface area (TPSA) is 121 Å². The summed E-state index contributed by atoms with van der Waals surface area (Å²) >= 11 is 0. The van der Waals surface area contributed by atoms with Crippen LogP contribution in [0.4, 0.5) is 10.2 Å². The van der Waals surface area contributed by atoms with Gasteiger partial charge in [0.15, 0.2) is 5.65 Å². The van der Waals surface area contributed by atoms with Crippen molar-refractivity contribution in [2.75, 3.05) is 24.5 Å². The van der Waals surface area contributed by atoms with Gasteiger partial charge in [-0.25, -0.2) is 13.9 Å². The third-order valence-electron chi connectivity index (χ3n) is 5.07. The zero-order valence-corrected chi connectivity index (χ0v) is 17.0. The van der Waals surface area contributed by atoms with E-state index in [1.807, 2.05) is 4.90 Å². The second-order valence-electron chi connectivity index (χ2n) is 6.96. The van der Waals surface area contributed by atoms with Crippen molar-refractivity contribution < 1.29 is 9.18 Å². The molecule has 1 fully saturated rings. The summed E-state index contributed by atoms with van der Waals surface area (Å²) in [5.74, 6) is -0.139. The first-order chi connectivity index (χ1) is 14.1. The molecule has 0 aliphatic carbocycles. The molecule has 1 unspecified atom stereocenters. The van der Waals surface area contributed by atoms with Crippen LogP contribution in [0.25, 0.3) is 5.65 Å². The summed E-state index contributed by atoms with van der Waals surface area (Å²) in [5.41, 5.74) is 6.31. The lowest BCUT2D eigenvalue weighted by Crippen LogP contribution is -2.29. The second kappa shape index (κ2) is 9.23. The van der Waals surface area contributed by atoms with Gasteiger partial charge in [-0.1, -0.05) is 0 Å². The van der Waals surface area contributed by atoms with Crippen LogP contribution in [0.1, 0.15) is 41.2 Å². The van der Waals surface area contributed by atoms with Gasteiger partial charge in [0.25, 0.3) is 11.5 Å². The molecule has 0 radical (unpaired) electrons. The summed E-state index contributed by atoms with van der Waals surface area (Å²) in [4.78, 5) is 33.7. The molecule has 1 amide bonds. The van der Waals surface area contributed by atoms with Gasteiger partial charge in [0.1, 0.15) is 17.2 Å². The number of hydrogen-bond donors (Lipinski definition) is 3. The van der Waals surface area contributed by atoms with E-state index in [2.05, 4.69) is 20.4 Å². The number of amides is 1. The SMILES string of the molecule is Cl.NCCCNC(=O)c1cnn2ccc(N3CCCC3c3cc(F)c[nH]c3=O)nc12. The van der Waals surface area contributed by atoms with Crippen LogP contribution in [0.2, 0.25) is 0 Å². The Labute approximate surface area is 177 Å². The fraction of sp³-hybridized carbons (Fsp3) is 0.368. The Morgan fingerprint density at radius 1 is 1.43 bits per heavy atom. The summed E-state index contributed by atoms with van der Waals surface area (Å²) in [6.45, 7) is 1.64. The Balaban J connectivity index is 0.00000256. The van der Waals surface area contributed by atoms with E-state index in [0.717, 1.165) is 12.6 Å². The molecule has 0 spiro atoms. The number of fused-ring (bicyclic) bond motifs is 1. The third kappa shape index (κ3) is 4.14. The first kappa shape index (κ1) is 21.7. The number of hydrogen-bond acceptors (Lipinski definition) is 6. The second-order valence-corrected chi connectivity index (χ2v) is 6.96. The van der Waals surface area contributed by atoms with Crippen molar-refractivity contribution in [3.05, 3.63) is 58.0 Å². The van der Waals surface area contributed by atoms with Crippen molar-refractivity contribution in [2.45, 2.75) is 25.3 Å². The van der Waals surface area contributed by atoms with Crippen LogP contribution in [0.3, 0.4) is 0 Å². The smallest absolute Gasteiger partial charge is 0.256 e. The number of pyridine rings is 1. The van der Waals surface area contributed by atoms with Crippen LogP contribution in [-0.4, -0.2) is 45.1 Å². The van der Waals surface area contributed by atoms with Crippen molar-refractivity contribution in [3.63, 3.8) is 0 Å². The molecular formula is C19H23ClFN7O2. The normalized spacial score (nSPS) is 15.9. The number of H-pyrrole nitrogens is 1. The number of halogens is 2. The van der Waals surface area contributed by atoms with Crippen LogP contribution < -0.4 is 21.5 Å². The monoisotopic (exact) mass is 435 g/mol. The maximum atomic E-state index is 13.7. The molecule has 9 nitrogen and oxygen atoms in total. The molecule has 4 heterocycles. The number of nitrogens with two attached hydrogens (primary N) is 1. The Morgan fingerprint density at radius 3 is 3.07 bits per heavy atom. The van der Waals surface area contributed by atoms with Gasteiger partial charge in [0, 0.05) is 31.0 Å². The van der Waals surface area contributed by atoms with E-state index in [4.69, 9.17) is 5.73 Å². The molecule has 11 heteroatoms. The van der Waals surface area contributed by atoms with Crippen molar-refractivity contribution in [3.8, 4) is 0 Å².